The number of thiophene rings is 1. The fraction of sp³-hybridized carbons (Fsp3) is 0.389. The predicted molar refractivity (Wildman–Crippen MR) is 99.3 cm³/mol. The highest BCUT2D eigenvalue weighted by atomic mass is 32.2. The minimum absolute atomic E-state index is 0.0731. The molecule has 0 aliphatic carbocycles. The summed E-state index contributed by atoms with van der Waals surface area (Å²) in [7, 11) is -3.62. The van der Waals surface area contributed by atoms with Crippen LogP contribution in [0, 0.1) is 6.92 Å². The van der Waals surface area contributed by atoms with Crippen LogP contribution >= 0.6 is 11.3 Å². The van der Waals surface area contributed by atoms with Crippen molar-refractivity contribution in [3.05, 3.63) is 52.4 Å². The SMILES string of the molecule is Cc1cccc(CNS(=O)(=O)c2cc(C(=O)N3CCCCC3)cs2)c1. The summed E-state index contributed by atoms with van der Waals surface area (Å²) in [6.07, 6.45) is 3.17. The molecule has 5 nitrogen and oxygen atoms in total. The third kappa shape index (κ3) is 4.48. The van der Waals surface area contributed by atoms with E-state index in [0.717, 1.165) is 54.8 Å². The van der Waals surface area contributed by atoms with Crippen molar-refractivity contribution in [3.63, 3.8) is 0 Å². The van der Waals surface area contributed by atoms with Crippen LogP contribution < -0.4 is 4.72 Å². The number of carbonyl (C=O) groups is 1. The molecule has 25 heavy (non-hydrogen) atoms. The van der Waals surface area contributed by atoms with Gasteiger partial charge in [0.15, 0.2) is 0 Å². The first-order chi connectivity index (χ1) is 12.0. The van der Waals surface area contributed by atoms with Crippen LogP contribution in [-0.4, -0.2) is 32.3 Å². The second-order valence-electron chi connectivity index (χ2n) is 6.32. The topological polar surface area (TPSA) is 66.5 Å². The predicted octanol–water partition coefficient (Wildman–Crippen LogP) is 3.16. The Morgan fingerprint density at radius 1 is 1.20 bits per heavy atom. The molecular formula is C18H22N2O3S2. The zero-order valence-electron chi connectivity index (χ0n) is 14.2. The number of aryl methyl sites for hydroxylation is 1. The first kappa shape index (κ1) is 18.1. The minimum atomic E-state index is -3.62. The third-order valence-corrected chi connectivity index (χ3v) is 7.12. The van der Waals surface area contributed by atoms with Crippen molar-refractivity contribution in [2.24, 2.45) is 0 Å². The van der Waals surface area contributed by atoms with Crippen molar-refractivity contribution >= 4 is 27.3 Å². The Balaban J connectivity index is 1.68. The maximum atomic E-state index is 12.5. The summed E-state index contributed by atoms with van der Waals surface area (Å²) in [6, 6.07) is 9.19. The highest BCUT2D eigenvalue weighted by molar-refractivity contribution is 7.91. The van der Waals surface area contributed by atoms with Crippen LogP contribution in [0.4, 0.5) is 0 Å². The molecule has 3 rings (SSSR count). The van der Waals surface area contributed by atoms with Gasteiger partial charge < -0.3 is 4.90 Å². The molecule has 0 unspecified atom stereocenters. The molecule has 1 aliphatic rings. The van der Waals surface area contributed by atoms with Crippen molar-refractivity contribution in [3.8, 4) is 0 Å². The van der Waals surface area contributed by atoms with Crippen LogP contribution in [0.3, 0.4) is 0 Å². The van der Waals surface area contributed by atoms with E-state index >= 15 is 0 Å². The number of rotatable bonds is 5. The minimum Gasteiger partial charge on any atom is -0.339 e. The van der Waals surface area contributed by atoms with E-state index in [-0.39, 0.29) is 16.7 Å². The zero-order chi connectivity index (χ0) is 17.9. The first-order valence-electron chi connectivity index (χ1n) is 8.39. The Morgan fingerprint density at radius 3 is 2.68 bits per heavy atom. The van der Waals surface area contributed by atoms with Crippen LogP contribution in [0.5, 0.6) is 0 Å². The van der Waals surface area contributed by atoms with Crippen LogP contribution in [0.1, 0.15) is 40.7 Å². The molecule has 0 spiro atoms. The van der Waals surface area contributed by atoms with Gasteiger partial charge in [0.25, 0.3) is 5.91 Å². The van der Waals surface area contributed by atoms with Crippen molar-refractivity contribution in [2.45, 2.75) is 36.9 Å². The molecule has 1 aliphatic heterocycles. The maximum absolute atomic E-state index is 12.5. The molecule has 2 aromatic rings. The van der Waals surface area contributed by atoms with Crippen molar-refractivity contribution < 1.29 is 13.2 Å². The molecule has 7 heteroatoms. The fourth-order valence-corrected chi connectivity index (χ4v) is 5.14. The van der Waals surface area contributed by atoms with E-state index in [1.807, 2.05) is 36.1 Å². The number of likely N-dealkylation sites (tertiary alicyclic amines) is 1. The van der Waals surface area contributed by atoms with Crippen molar-refractivity contribution in [1.82, 2.24) is 9.62 Å². The first-order valence-corrected chi connectivity index (χ1v) is 10.7. The highest BCUT2D eigenvalue weighted by Gasteiger charge is 2.23. The van der Waals surface area contributed by atoms with Crippen LogP contribution in [0.25, 0.3) is 0 Å². The smallest absolute Gasteiger partial charge is 0.254 e. The van der Waals surface area contributed by atoms with Gasteiger partial charge in [0.05, 0.1) is 5.56 Å². The Morgan fingerprint density at radius 2 is 1.96 bits per heavy atom. The van der Waals surface area contributed by atoms with Gasteiger partial charge in [-0.1, -0.05) is 29.8 Å². The van der Waals surface area contributed by atoms with Crippen LogP contribution in [0.15, 0.2) is 39.9 Å². The van der Waals surface area contributed by atoms with E-state index in [9.17, 15) is 13.2 Å². The number of sulfonamides is 1. The fourth-order valence-electron chi connectivity index (χ4n) is 2.92. The highest BCUT2D eigenvalue weighted by Crippen LogP contribution is 2.23. The monoisotopic (exact) mass is 378 g/mol. The second-order valence-corrected chi connectivity index (χ2v) is 9.23. The quantitative estimate of drug-likeness (QED) is 0.869. The van der Waals surface area contributed by atoms with E-state index in [1.165, 1.54) is 6.07 Å². The van der Waals surface area contributed by atoms with Crippen LogP contribution in [-0.2, 0) is 16.6 Å². The van der Waals surface area contributed by atoms with Gasteiger partial charge in [-0.05, 0) is 37.8 Å². The molecule has 1 aromatic carbocycles. The summed E-state index contributed by atoms with van der Waals surface area (Å²) >= 11 is 1.09. The lowest BCUT2D eigenvalue weighted by Crippen LogP contribution is -2.35. The van der Waals surface area contributed by atoms with Gasteiger partial charge in [-0.3, -0.25) is 4.79 Å². The molecule has 1 fully saturated rings. The number of amides is 1. The standard InChI is InChI=1S/C18H22N2O3S2/c1-14-6-5-7-15(10-14)12-19-25(22,23)17-11-16(13-24-17)18(21)20-8-3-2-4-9-20/h5-7,10-11,13,19H,2-4,8-9,12H2,1H3. The zero-order valence-corrected chi connectivity index (χ0v) is 15.8. The van der Waals surface area contributed by atoms with E-state index in [1.54, 1.807) is 5.38 Å². The number of hydrogen-bond donors (Lipinski definition) is 1. The lowest BCUT2D eigenvalue weighted by atomic mass is 10.1. The van der Waals surface area contributed by atoms with Gasteiger partial charge in [0, 0.05) is 25.0 Å². The molecule has 1 amide bonds. The van der Waals surface area contributed by atoms with Gasteiger partial charge >= 0.3 is 0 Å². The number of carbonyl (C=O) groups excluding carboxylic acids is 1. The summed E-state index contributed by atoms with van der Waals surface area (Å²) in [5, 5.41) is 1.64. The number of benzene rings is 1. The van der Waals surface area contributed by atoms with E-state index < -0.39 is 10.0 Å². The van der Waals surface area contributed by atoms with Gasteiger partial charge in [0.2, 0.25) is 10.0 Å². The molecule has 1 saturated heterocycles. The molecule has 2 heterocycles. The number of hydrogen-bond acceptors (Lipinski definition) is 4. The van der Waals surface area contributed by atoms with Gasteiger partial charge in [-0.2, -0.15) is 0 Å². The molecule has 0 atom stereocenters. The average Bonchev–Trinajstić information content (AvgIpc) is 3.11. The van der Waals surface area contributed by atoms with Crippen molar-refractivity contribution in [1.29, 1.82) is 0 Å². The summed E-state index contributed by atoms with van der Waals surface area (Å²) in [5.41, 5.74) is 2.45. The molecule has 0 radical (unpaired) electrons. The average molecular weight is 379 g/mol. The largest absolute Gasteiger partial charge is 0.339 e. The Hall–Kier alpha value is -1.70. The van der Waals surface area contributed by atoms with Gasteiger partial charge in [-0.25, -0.2) is 13.1 Å². The van der Waals surface area contributed by atoms with Crippen molar-refractivity contribution in [2.75, 3.05) is 13.1 Å². The summed E-state index contributed by atoms with van der Waals surface area (Å²) in [6.45, 7) is 3.71. The third-order valence-electron chi connectivity index (χ3n) is 4.28. The second kappa shape index (κ2) is 7.68. The maximum Gasteiger partial charge on any atom is 0.254 e. The lowest BCUT2D eigenvalue weighted by molar-refractivity contribution is 0.0725. The number of piperidine rings is 1. The van der Waals surface area contributed by atoms with E-state index in [4.69, 9.17) is 0 Å². The molecule has 1 N–H and O–H groups in total. The molecule has 1 aromatic heterocycles. The molecule has 134 valence electrons. The molecule has 0 saturated carbocycles. The normalized spacial score (nSPS) is 15.3. The Labute approximate surface area is 152 Å². The summed E-state index contributed by atoms with van der Waals surface area (Å²) < 4.78 is 27.7. The van der Waals surface area contributed by atoms with Gasteiger partial charge in [0.1, 0.15) is 4.21 Å². The van der Waals surface area contributed by atoms with Crippen LogP contribution in [0.2, 0.25) is 0 Å². The summed E-state index contributed by atoms with van der Waals surface area (Å²) in [4.78, 5) is 14.3. The number of nitrogens with zero attached hydrogens (tertiary/aromatic N) is 1. The van der Waals surface area contributed by atoms with E-state index in [2.05, 4.69) is 4.72 Å². The molecular weight excluding hydrogens is 356 g/mol. The summed E-state index contributed by atoms with van der Waals surface area (Å²) in [5.74, 6) is -0.0731. The molecule has 0 bridgehead atoms. The van der Waals surface area contributed by atoms with E-state index in [0.29, 0.717) is 5.56 Å². The lowest BCUT2D eigenvalue weighted by Gasteiger charge is -2.26. The van der Waals surface area contributed by atoms with Gasteiger partial charge in [-0.15, -0.1) is 11.3 Å². The Kier molecular flexibility index (Phi) is 5.56. The Bertz CT molecular complexity index is 853. The number of nitrogens with one attached hydrogen (secondary N) is 1.